The molecule has 0 radical (unpaired) electrons. The summed E-state index contributed by atoms with van der Waals surface area (Å²) in [5.74, 6) is -2.10. The lowest BCUT2D eigenvalue weighted by atomic mass is 9.86. The first-order chi connectivity index (χ1) is 6.59. The fraction of sp³-hybridized carbons (Fsp3) is 0.778. The minimum absolute atomic E-state index is 0.0830. The van der Waals surface area contributed by atoms with E-state index in [-0.39, 0.29) is 24.7 Å². The molecule has 1 rings (SSSR count). The van der Waals surface area contributed by atoms with E-state index in [9.17, 15) is 9.59 Å². The molecule has 5 nitrogen and oxygen atoms in total. The molecule has 0 bridgehead atoms. The van der Waals surface area contributed by atoms with E-state index in [2.05, 4.69) is 0 Å². The van der Waals surface area contributed by atoms with Crippen LogP contribution < -0.4 is 0 Å². The van der Waals surface area contributed by atoms with E-state index in [0.29, 0.717) is 13.2 Å². The molecule has 1 aliphatic rings. The van der Waals surface area contributed by atoms with Crippen molar-refractivity contribution < 1.29 is 24.5 Å². The van der Waals surface area contributed by atoms with Crippen molar-refractivity contribution in [1.29, 1.82) is 0 Å². The average Bonchev–Trinajstić information content (AvgIpc) is 2.52. The van der Waals surface area contributed by atoms with E-state index in [1.165, 1.54) is 0 Å². The van der Waals surface area contributed by atoms with Gasteiger partial charge in [0.1, 0.15) is 0 Å². The van der Waals surface area contributed by atoms with Crippen LogP contribution in [0.3, 0.4) is 0 Å². The maximum Gasteiger partial charge on any atom is 0.303 e. The van der Waals surface area contributed by atoms with Crippen LogP contribution in [0.4, 0.5) is 0 Å². The molecule has 1 saturated heterocycles. The van der Waals surface area contributed by atoms with Gasteiger partial charge in [-0.3, -0.25) is 9.59 Å². The van der Waals surface area contributed by atoms with Crippen molar-refractivity contribution in [2.75, 3.05) is 13.2 Å². The molecular formula is C9H14O5. The Labute approximate surface area is 81.7 Å². The molecule has 5 heteroatoms. The van der Waals surface area contributed by atoms with Crippen LogP contribution in [0.2, 0.25) is 0 Å². The highest BCUT2D eigenvalue weighted by atomic mass is 16.5. The van der Waals surface area contributed by atoms with Gasteiger partial charge < -0.3 is 14.9 Å². The number of ether oxygens (including phenoxy) is 1. The number of carboxylic acid groups (broad SMARTS) is 2. The SMILES string of the molecule is O=C(O)CC(CC(=O)O)C1CCOC1. The zero-order chi connectivity index (χ0) is 10.6. The molecule has 1 atom stereocenters. The molecule has 1 aliphatic heterocycles. The summed E-state index contributed by atoms with van der Waals surface area (Å²) in [6.07, 6.45) is 0.603. The molecule has 80 valence electrons. The maximum absolute atomic E-state index is 10.5. The largest absolute Gasteiger partial charge is 0.481 e. The summed E-state index contributed by atoms with van der Waals surface area (Å²) in [5, 5.41) is 17.2. The van der Waals surface area contributed by atoms with Crippen LogP contribution in [0, 0.1) is 11.8 Å². The van der Waals surface area contributed by atoms with Gasteiger partial charge in [0.25, 0.3) is 0 Å². The van der Waals surface area contributed by atoms with Gasteiger partial charge in [0.2, 0.25) is 0 Å². The Morgan fingerprint density at radius 3 is 2.21 bits per heavy atom. The van der Waals surface area contributed by atoms with Gasteiger partial charge in [-0.25, -0.2) is 0 Å². The van der Waals surface area contributed by atoms with Crippen LogP contribution in [0.15, 0.2) is 0 Å². The van der Waals surface area contributed by atoms with Crippen LogP contribution in [0.25, 0.3) is 0 Å². The standard InChI is InChI=1S/C9H14O5/c10-8(11)3-7(4-9(12)13)6-1-2-14-5-6/h6-7H,1-5H2,(H,10,11)(H,12,13). The van der Waals surface area contributed by atoms with Crippen LogP contribution in [-0.2, 0) is 14.3 Å². The van der Waals surface area contributed by atoms with Gasteiger partial charge in [0.05, 0.1) is 0 Å². The van der Waals surface area contributed by atoms with E-state index in [0.717, 1.165) is 6.42 Å². The molecule has 1 fully saturated rings. The van der Waals surface area contributed by atoms with Gasteiger partial charge in [-0.15, -0.1) is 0 Å². The summed E-state index contributed by atoms with van der Waals surface area (Å²) in [7, 11) is 0. The summed E-state index contributed by atoms with van der Waals surface area (Å²) in [4.78, 5) is 21.0. The Kier molecular flexibility index (Phi) is 3.88. The number of aliphatic carboxylic acids is 2. The van der Waals surface area contributed by atoms with E-state index < -0.39 is 11.9 Å². The summed E-state index contributed by atoms with van der Waals surface area (Å²) in [6.45, 7) is 1.10. The first-order valence-corrected chi connectivity index (χ1v) is 4.61. The van der Waals surface area contributed by atoms with Crippen LogP contribution in [-0.4, -0.2) is 35.4 Å². The monoisotopic (exact) mass is 202 g/mol. The fourth-order valence-electron chi connectivity index (χ4n) is 1.78. The van der Waals surface area contributed by atoms with E-state index in [1.807, 2.05) is 0 Å². The molecule has 0 aromatic rings. The summed E-state index contributed by atoms with van der Waals surface area (Å²) in [5.41, 5.74) is 0. The predicted octanol–water partition coefficient (Wildman–Crippen LogP) is 0.588. The molecule has 0 spiro atoms. The first-order valence-electron chi connectivity index (χ1n) is 4.61. The van der Waals surface area contributed by atoms with Crippen molar-refractivity contribution in [1.82, 2.24) is 0 Å². The lowest BCUT2D eigenvalue weighted by Gasteiger charge is -2.18. The number of carboxylic acids is 2. The Morgan fingerprint density at radius 2 is 1.86 bits per heavy atom. The number of hydrogen-bond acceptors (Lipinski definition) is 3. The fourth-order valence-corrected chi connectivity index (χ4v) is 1.78. The Balaban J connectivity index is 2.50. The minimum atomic E-state index is -0.942. The normalized spacial score (nSPS) is 21.4. The van der Waals surface area contributed by atoms with Crippen molar-refractivity contribution in [2.24, 2.45) is 11.8 Å². The lowest BCUT2D eigenvalue weighted by molar-refractivity contribution is -0.141. The molecule has 0 saturated carbocycles. The molecule has 0 aliphatic carbocycles. The van der Waals surface area contributed by atoms with Gasteiger partial charge in [-0.05, 0) is 18.3 Å². The second-order valence-corrected chi connectivity index (χ2v) is 3.58. The molecule has 0 aromatic carbocycles. The van der Waals surface area contributed by atoms with E-state index in [1.54, 1.807) is 0 Å². The summed E-state index contributed by atoms with van der Waals surface area (Å²) < 4.78 is 5.12. The van der Waals surface area contributed by atoms with Crippen molar-refractivity contribution in [2.45, 2.75) is 19.3 Å². The Hall–Kier alpha value is -1.10. The second kappa shape index (κ2) is 4.95. The molecule has 1 heterocycles. The van der Waals surface area contributed by atoms with Crippen molar-refractivity contribution in [3.63, 3.8) is 0 Å². The van der Waals surface area contributed by atoms with Gasteiger partial charge in [-0.2, -0.15) is 0 Å². The zero-order valence-electron chi connectivity index (χ0n) is 7.81. The topological polar surface area (TPSA) is 83.8 Å². The third kappa shape index (κ3) is 3.33. The lowest BCUT2D eigenvalue weighted by Crippen LogP contribution is -2.21. The number of rotatable bonds is 5. The maximum atomic E-state index is 10.5. The van der Waals surface area contributed by atoms with Crippen LogP contribution >= 0.6 is 0 Å². The average molecular weight is 202 g/mol. The summed E-state index contributed by atoms with van der Waals surface area (Å²) in [6, 6.07) is 0. The Bertz CT molecular complexity index is 203. The molecule has 1 unspecified atom stereocenters. The van der Waals surface area contributed by atoms with Crippen LogP contribution in [0.1, 0.15) is 19.3 Å². The van der Waals surface area contributed by atoms with Gasteiger partial charge in [-0.1, -0.05) is 0 Å². The molecule has 14 heavy (non-hydrogen) atoms. The highest BCUT2D eigenvalue weighted by Gasteiger charge is 2.29. The van der Waals surface area contributed by atoms with Gasteiger partial charge >= 0.3 is 11.9 Å². The molecular weight excluding hydrogens is 188 g/mol. The third-order valence-corrected chi connectivity index (χ3v) is 2.51. The highest BCUT2D eigenvalue weighted by molar-refractivity contribution is 5.70. The van der Waals surface area contributed by atoms with Gasteiger partial charge in [0.15, 0.2) is 0 Å². The Morgan fingerprint density at radius 1 is 1.29 bits per heavy atom. The summed E-state index contributed by atoms with van der Waals surface area (Å²) >= 11 is 0. The number of hydrogen-bond donors (Lipinski definition) is 2. The smallest absolute Gasteiger partial charge is 0.303 e. The van der Waals surface area contributed by atoms with Crippen molar-refractivity contribution >= 4 is 11.9 Å². The van der Waals surface area contributed by atoms with E-state index >= 15 is 0 Å². The number of carbonyl (C=O) groups is 2. The second-order valence-electron chi connectivity index (χ2n) is 3.58. The van der Waals surface area contributed by atoms with Crippen molar-refractivity contribution in [3.8, 4) is 0 Å². The van der Waals surface area contributed by atoms with Gasteiger partial charge in [0, 0.05) is 26.1 Å². The predicted molar refractivity (Wildman–Crippen MR) is 46.9 cm³/mol. The zero-order valence-corrected chi connectivity index (χ0v) is 7.81. The minimum Gasteiger partial charge on any atom is -0.481 e. The van der Waals surface area contributed by atoms with E-state index in [4.69, 9.17) is 14.9 Å². The molecule has 0 aromatic heterocycles. The quantitative estimate of drug-likeness (QED) is 0.681. The third-order valence-electron chi connectivity index (χ3n) is 2.51. The molecule has 0 amide bonds. The molecule has 2 N–H and O–H groups in total. The van der Waals surface area contributed by atoms with Crippen molar-refractivity contribution in [3.05, 3.63) is 0 Å². The van der Waals surface area contributed by atoms with Crippen LogP contribution in [0.5, 0.6) is 0 Å². The first kappa shape index (κ1) is 11.0. The highest BCUT2D eigenvalue weighted by Crippen LogP contribution is 2.27.